The lowest BCUT2D eigenvalue weighted by molar-refractivity contribution is -0.115. The first-order valence-electron chi connectivity index (χ1n) is 12.9. The Hall–Kier alpha value is -3.84. The lowest BCUT2D eigenvalue weighted by Crippen LogP contribution is -2.20. The maximum absolute atomic E-state index is 13.7. The van der Waals surface area contributed by atoms with Gasteiger partial charge in [0.25, 0.3) is 0 Å². The largest absolute Gasteiger partial charge is 0.495 e. The van der Waals surface area contributed by atoms with E-state index in [0.29, 0.717) is 21.4 Å². The molecule has 3 aromatic carbocycles. The molecule has 0 spiro atoms. The smallest absolute Gasteiger partial charge is 0.243 e. The summed E-state index contributed by atoms with van der Waals surface area (Å²) in [4.78, 5) is 15.9. The molecule has 0 radical (unpaired) electrons. The van der Waals surface area contributed by atoms with Crippen molar-refractivity contribution in [3.05, 3.63) is 100 Å². The summed E-state index contributed by atoms with van der Waals surface area (Å²) in [6, 6.07) is 27.4. The number of ether oxygens (including phenoxy) is 1. The summed E-state index contributed by atoms with van der Waals surface area (Å²) in [7, 11) is 1.62. The first-order valence-corrected chi connectivity index (χ1v) is 15.0. The van der Waals surface area contributed by atoms with E-state index in [4.69, 9.17) is 17.0 Å². The quantitative estimate of drug-likeness (QED) is 0.144. The van der Waals surface area contributed by atoms with Crippen LogP contribution in [0.5, 0.6) is 5.75 Å². The Morgan fingerprint density at radius 1 is 1.00 bits per heavy atom. The number of thiophene rings is 1. The molecule has 1 aromatic heterocycles. The zero-order valence-corrected chi connectivity index (χ0v) is 24.3. The fraction of sp³-hybridized carbons (Fsp3) is 0.194. The van der Waals surface area contributed by atoms with Gasteiger partial charge >= 0.3 is 0 Å². The number of carbonyl (C=O) groups excluding carboxylic acids is 1. The number of fused-ring (bicyclic) bond motifs is 1. The van der Waals surface area contributed by atoms with E-state index in [9.17, 15) is 10.1 Å². The van der Waals surface area contributed by atoms with Crippen molar-refractivity contribution in [3.63, 3.8) is 0 Å². The molecule has 202 valence electrons. The van der Waals surface area contributed by atoms with Crippen LogP contribution in [0.3, 0.4) is 0 Å². The Morgan fingerprint density at radius 3 is 2.58 bits per heavy atom. The second-order valence-corrected chi connectivity index (χ2v) is 11.9. The van der Waals surface area contributed by atoms with Gasteiger partial charge in [-0.1, -0.05) is 48.5 Å². The molecule has 1 heterocycles. The van der Waals surface area contributed by atoms with Crippen LogP contribution in [0.25, 0.3) is 0 Å². The summed E-state index contributed by atoms with van der Waals surface area (Å²) in [5.74, 6) is 0.539. The number of para-hydroxylation sites is 2. The summed E-state index contributed by atoms with van der Waals surface area (Å²) < 4.78 is 5.40. The number of amides is 1. The number of thioether (sulfide) groups is 1. The van der Waals surface area contributed by atoms with E-state index >= 15 is 0 Å². The molecule has 1 aliphatic carbocycles. The number of rotatable bonds is 8. The number of methoxy groups -OCH3 is 1. The van der Waals surface area contributed by atoms with Gasteiger partial charge in [-0.15, -0.1) is 23.1 Å². The zero-order chi connectivity index (χ0) is 27.9. The lowest BCUT2D eigenvalue weighted by atomic mass is 9.96. The van der Waals surface area contributed by atoms with E-state index < -0.39 is 5.25 Å². The summed E-state index contributed by atoms with van der Waals surface area (Å²) in [6.07, 6.45) is 4.07. The maximum atomic E-state index is 13.7. The monoisotopic (exact) mass is 584 g/mol. The molecule has 1 unspecified atom stereocenters. The van der Waals surface area contributed by atoms with Crippen LogP contribution in [-0.2, 0) is 17.6 Å². The van der Waals surface area contributed by atoms with Gasteiger partial charge in [0.15, 0.2) is 5.11 Å². The van der Waals surface area contributed by atoms with E-state index in [1.54, 1.807) is 18.4 Å². The molecule has 1 aliphatic rings. The normalized spacial score (nSPS) is 12.9. The molecule has 6 nitrogen and oxygen atoms in total. The van der Waals surface area contributed by atoms with E-state index in [0.717, 1.165) is 53.1 Å². The Balaban J connectivity index is 1.34. The fourth-order valence-electron chi connectivity index (χ4n) is 4.67. The van der Waals surface area contributed by atoms with Crippen LogP contribution in [0.15, 0.2) is 83.8 Å². The fourth-order valence-corrected chi connectivity index (χ4v) is 7.22. The van der Waals surface area contributed by atoms with Gasteiger partial charge in [-0.2, -0.15) is 5.26 Å². The first kappa shape index (κ1) is 27.7. The number of anilines is 3. The molecule has 5 rings (SSSR count). The highest BCUT2D eigenvalue weighted by Gasteiger charge is 2.26. The molecule has 9 heteroatoms. The predicted octanol–water partition coefficient (Wildman–Crippen LogP) is 7.79. The maximum Gasteiger partial charge on any atom is 0.243 e. The van der Waals surface area contributed by atoms with Crippen LogP contribution < -0.4 is 20.7 Å². The first-order chi connectivity index (χ1) is 19.6. The van der Waals surface area contributed by atoms with Gasteiger partial charge < -0.3 is 20.7 Å². The molecular formula is C31H28N4O2S3. The molecule has 0 bridgehead atoms. The molecule has 0 aliphatic heterocycles. The minimum absolute atomic E-state index is 0.155. The van der Waals surface area contributed by atoms with Crippen molar-refractivity contribution in [1.29, 1.82) is 5.26 Å². The zero-order valence-electron chi connectivity index (χ0n) is 21.9. The van der Waals surface area contributed by atoms with Gasteiger partial charge in [-0.05, 0) is 79.4 Å². The van der Waals surface area contributed by atoms with Gasteiger partial charge in [0, 0.05) is 15.5 Å². The number of hydrogen-bond donors (Lipinski definition) is 3. The number of carbonyl (C=O) groups is 1. The standard InChI is InChI=1S/C31H28N4O2S3/c1-37-26-16-7-6-15-25(26)34-31(38)33-21-12-9-13-22(18-21)39-28(20-10-3-2-4-11-20)29(36)35-30-24(19-32)23-14-5-8-17-27(23)40-30/h2-4,6-7,9-13,15-16,18,28H,5,8,14,17H2,1H3,(H,35,36)(H2,33,34,38). The van der Waals surface area contributed by atoms with E-state index in [-0.39, 0.29) is 5.91 Å². The number of hydrogen-bond acceptors (Lipinski definition) is 6. The molecular weight excluding hydrogens is 557 g/mol. The van der Waals surface area contributed by atoms with Crippen LogP contribution >= 0.6 is 35.3 Å². The minimum atomic E-state index is -0.513. The number of thiocarbonyl (C=S) groups is 1. The molecule has 0 fully saturated rings. The molecule has 0 saturated heterocycles. The summed E-state index contributed by atoms with van der Waals surface area (Å²) in [5.41, 5.74) is 4.17. The van der Waals surface area contributed by atoms with Crippen LogP contribution in [-0.4, -0.2) is 18.1 Å². The van der Waals surface area contributed by atoms with Crippen LogP contribution in [0, 0.1) is 11.3 Å². The predicted molar refractivity (Wildman–Crippen MR) is 169 cm³/mol. The third-order valence-electron chi connectivity index (χ3n) is 6.56. The molecule has 1 atom stereocenters. The average Bonchev–Trinajstić information content (AvgIpc) is 3.33. The van der Waals surface area contributed by atoms with Gasteiger partial charge in [0.1, 0.15) is 22.1 Å². The Labute approximate surface area is 247 Å². The van der Waals surface area contributed by atoms with Gasteiger partial charge in [0.2, 0.25) is 5.91 Å². The third kappa shape index (κ3) is 6.48. The van der Waals surface area contributed by atoms with Crippen molar-refractivity contribution >= 4 is 62.7 Å². The second-order valence-electron chi connectivity index (χ2n) is 9.23. The topological polar surface area (TPSA) is 86.2 Å². The second kappa shape index (κ2) is 13.0. The van der Waals surface area contributed by atoms with Crippen molar-refractivity contribution in [2.24, 2.45) is 0 Å². The highest BCUT2D eigenvalue weighted by molar-refractivity contribution is 8.00. The summed E-state index contributed by atoms with van der Waals surface area (Å²) in [5, 5.41) is 19.9. The minimum Gasteiger partial charge on any atom is -0.495 e. The number of nitrogens with one attached hydrogen (secondary N) is 3. The average molecular weight is 585 g/mol. The van der Waals surface area contributed by atoms with Crippen LogP contribution in [0.4, 0.5) is 16.4 Å². The van der Waals surface area contributed by atoms with Gasteiger partial charge in [-0.25, -0.2) is 0 Å². The lowest BCUT2D eigenvalue weighted by Gasteiger charge is -2.18. The summed E-state index contributed by atoms with van der Waals surface area (Å²) in [6.45, 7) is 0. The molecule has 1 amide bonds. The van der Waals surface area contributed by atoms with Gasteiger partial charge in [-0.3, -0.25) is 4.79 Å². The Morgan fingerprint density at radius 2 is 1.77 bits per heavy atom. The Bertz CT molecular complexity index is 1560. The van der Waals surface area contributed by atoms with Crippen LogP contribution in [0.2, 0.25) is 0 Å². The van der Waals surface area contributed by atoms with Crippen molar-refractivity contribution in [1.82, 2.24) is 0 Å². The van der Waals surface area contributed by atoms with E-state index in [2.05, 4.69) is 22.0 Å². The number of nitrogens with zero attached hydrogens (tertiary/aromatic N) is 1. The highest BCUT2D eigenvalue weighted by atomic mass is 32.2. The Kier molecular flexibility index (Phi) is 9.01. The number of nitriles is 1. The molecule has 3 N–H and O–H groups in total. The van der Waals surface area contributed by atoms with Gasteiger partial charge in [0.05, 0.1) is 18.4 Å². The van der Waals surface area contributed by atoms with E-state index in [1.165, 1.54) is 16.6 Å². The third-order valence-corrected chi connectivity index (χ3v) is 9.22. The van der Waals surface area contributed by atoms with Crippen LogP contribution in [0.1, 0.15) is 39.7 Å². The van der Waals surface area contributed by atoms with Crippen molar-refractivity contribution in [2.45, 2.75) is 35.8 Å². The number of aryl methyl sites for hydroxylation is 1. The van der Waals surface area contributed by atoms with Crippen molar-refractivity contribution in [2.75, 3.05) is 23.1 Å². The molecule has 0 saturated carbocycles. The molecule has 4 aromatic rings. The summed E-state index contributed by atoms with van der Waals surface area (Å²) >= 11 is 8.53. The van der Waals surface area contributed by atoms with Crippen molar-refractivity contribution < 1.29 is 9.53 Å². The SMILES string of the molecule is COc1ccccc1NC(=S)Nc1cccc(SC(C(=O)Nc2sc3c(c2C#N)CCCC3)c2ccccc2)c1. The van der Waals surface area contributed by atoms with Crippen molar-refractivity contribution in [3.8, 4) is 11.8 Å². The molecule has 40 heavy (non-hydrogen) atoms. The highest BCUT2D eigenvalue weighted by Crippen LogP contribution is 2.41. The van der Waals surface area contributed by atoms with E-state index in [1.807, 2.05) is 78.9 Å². The number of benzene rings is 3.